The lowest BCUT2D eigenvalue weighted by molar-refractivity contribution is -0.154. The van der Waals surface area contributed by atoms with E-state index in [0.29, 0.717) is 0 Å². The van der Waals surface area contributed by atoms with E-state index in [0.717, 1.165) is 5.56 Å². The molecule has 0 aromatic heterocycles. The van der Waals surface area contributed by atoms with E-state index in [1.807, 2.05) is 13.0 Å². The van der Waals surface area contributed by atoms with Crippen LogP contribution in [-0.2, 0) is 19.6 Å². The van der Waals surface area contributed by atoms with Crippen molar-refractivity contribution in [2.75, 3.05) is 6.61 Å². The van der Waals surface area contributed by atoms with E-state index < -0.39 is 45.4 Å². The SMILES string of the molecule is Cc1ccc(S(=O)(=O)N[C@@H]([C@H](C#N)[C@@H](C)O)[C@@H](C)COC(=O)C(C)(C)C)cc1. The van der Waals surface area contributed by atoms with Gasteiger partial charge in [-0.05, 0) is 46.8 Å². The summed E-state index contributed by atoms with van der Waals surface area (Å²) in [5, 5.41) is 19.5. The number of ether oxygens (including phenoxy) is 1. The third kappa shape index (κ3) is 6.59. The molecule has 0 spiro atoms. The molecule has 0 bridgehead atoms. The molecule has 156 valence electrons. The fourth-order valence-electron chi connectivity index (χ4n) is 2.52. The number of esters is 1. The molecule has 0 heterocycles. The van der Waals surface area contributed by atoms with Crippen molar-refractivity contribution in [3.05, 3.63) is 29.8 Å². The first-order valence-corrected chi connectivity index (χ1v) is 10.6. The molecule has 1 aromatic rings. The van der Waals surface area contributed by atoms with Crippen LogP contribution in [0.25, 0.3) is 0 Å². The van der Waals surface area contributed by atoms with Gasteiger partial charge in [-0.3, -0.25) is 4.79 Å². The number of carbonyl (C=O) groups is 1. The van der Waals surface area contributed by atoms with E-state index in [-0.39, 0.29) is 11.5 Å². The average molecular weight is 411 g/mol. The summed E-state index contributed by atoms with van der Waals surface area (Å²) in [4.78, 5) is 12.1. The lowest BCUT2D eigenvalue weighted by Crippen LogP contribution is -2.48. The molecule has 0 aliphatic carbocycles. The summed E-state index contributed by atoms with van der Waals surface area (Å²) in [6.45, 7) is 10.0. The van der Waals surface area contributed by atoms with Crippen LogP contribution in [-0.4, -0.2) is 38.2 Å². The number of nitrogens with zero attached hydrogens (tertiary/aromatic N) is 1. The van der Waals surface area contributed by atoms with E-state index >= 15 is 0 Å². The highest BCUT2D eigenvalue weighted by Crippen LogP contribution is 2.22. The highest BCUT2D eigenvalue weighted by molar-refractivity contribution is 7.89. The van der Waals surface area contributed by atoms with Gasteiger partial charge in [0.25, 0.3) is 0 Å². The van der Waals surface area contributed by atoms with Crippen LogP contribution >= 0.6 is 0 Å². The van der Waals surface area contributed by atoms with Gasteiger partial charge in [0, 0.05) is 12.0 Å². The molecule has 1 rings (SSSR count). The molecule has 4 atom stereocenters. The number of aliphatic hydroxyl groups is 1. The summed E-state index contributed by atoms with van der Waals surface area (Å²) in [5.41, 5.74) is 0.215. The van der Waals surface area contributed by atoms with Crippen LogP contribution < -0.4 is 4.72 Å². The first-order chi connectivity index (χ1) is 12.8. The molecule has 7 nitrogen and oxygen atoms in total. The Morgan fingerprint density at radius 3 is 2.21 bits per heavy atom. The number of nitriles is 1. The maximum absolute atomic E-state index is 12.8. The van der Waals surface area contributed by atoms with Crippen LogP contribution in [0.5, 0.6) is 0 Å². The second kappa shape index (κ2) is 9.50. The van der Waals surface area contributed by atoms with Gasteiger partial charge in [-0.25, -0.2) is 13.1 Å². The monoisotopic (exact) mass is 410 g/mol. The third-order valence-electron chi connectivity index (χ3n) is 4.38. The summed E-state index contributed by atoms with van der Waals surface area (Å²) >= 11 is 0. The largest absolute Gasteiger partial charge is 0.465 e. The summed E-state index contributed by atoms with van der Waals surface area (Å²) in [6.07, 6.45) is -1.07. The number of aryl methyl sites for hydroxylation is 1. The Morgan fingerprint density at radius 1 is 1.25 bits per heavy atom. The Morgan fingerprint density at radius 2 is 1.79 bits per heavy atom. The van der Waals surface area contributed by atoms with Gasteiger partial charge >= 0.3 is 5.97 Å². The molecule has 1 aromatic carbocycles. The lowest BCUT2D eigenvalue weighted by Gasteiger charge is -2.30. The summed E-state index contributed by atoms with van der Waals surface area (Å²) < 4.78 is 33.4. The molecule has 0 radical (unpaired) electrons. The zero-order valence-electron chi connectivity index (χ0n) is 17.3. The number of sulfonamides is 1. The van der Waals surface area contributed by atoms with Crippen molar-refractivity contribution < 1.29 is 23.1 Å². The smallest absolute Gasteiger partial charge is 0.311 e. The molecular formula is C20H30N2O5S. The van der Waals surface area contributed by atoms with Crippen LogP contribution in [0.4, 0.5) is 0 Å². The molecule has 0 amide bonds. The van der Waals surface area contributed by atoms with E-state index in [1.54, 1.807) is 39.8 Å². The Kier molecular flexibility index (Phi) is 8.17. The highest BCUT2D eigenvalue weighted by Gasteiger charge is 2.35. The molecule has 0 saturated heterocycles. The summed E-state index contributed by atoms with van der Waals surface area (Å²) in [7, 11) is -3.93. The first-order valence-electron chi connectivity index (χ1n) is 9.13. The van der Waals surface area contributed by atoms with E-state index in [9.17, 15) is 23.6 Å². The van der Waals surface area contributed by atoms with Gasteiger partial charge in [0.1, 0.15) is 0 Å². The van der Waals surface area contributed by atoms with Crippen molar-refractivity contribution in [2.24, 2.45) is 17.3 Å². The molecule has 0 saturated carbocycles. The van der Waals surface area contributed by atoms with Gasteiger partial charge in [-0.15, -0.1) is 0 Å². The zero-order valence-corrected chi connectivity index (χ0v) is 18.1. The summed E-state index contributed by atoms with van der Waals surface area (Å²) in [5.74, 6) is -1.97. The van der Waals surface area contributed by atoms with Crippen molar-refractivity contribution in [1.29, 1.82) is 5.26 Å². The molecule has 0 aliphatic rings. The Labute approximate surface area is 167 Å². The fourth-order valence-corrected chi connectivity index (χ4v) is 3.89. The Bertz CT molecular complexity index is 804. The maximum atomic E-state index is 12.8. The minimum Gasteiger partial charge on any atom is -0.465 e. The molecule has 0 unspecified atom stereocenters. The third-order valence-corrected chi connectivity index (χ3v) is 5.86. The summed E-state index contributed by atoms with van der Waals surface area (Å²) in [6, 6.07) is 7.33. The van der Waals surface area contributed by atoms with E-state index in [4.69, 9.17) is 4.74 Å². The van der Waals surface area contributed by atoms with Crippen LogP contribution in [0.2, 0.25) is 0 Å². The Balaban J connectivity index is 3.10. The topological polar surface area (TPSA) is 116 Å². The second-order valence-electron chi connectivity index (χ2n) is 8.18. The minimum absolute atomic E-state index is 0.0595. The quantitative estimate of drug-likeness (QED) is 0.636. The first kappa shape index (κ1) is 24.1. The van der Waals surface area contributed by atoms with Crippen molar-refractivity contribution in [1.82, 2.24) is 4.72 Å². The van der Waals surface area contributed by atoms with Crippen LogP contribution in [0.1, 0.15) is 40.2 Å². The molecule has 0 fully saturated rings. The highest BCUT2D eigenvalue weighted by atomic mass is 32.2. The zero-order chi connectivity index (χ0) is 21.7. The number of hydrogen-bond acceptors (Lipinski definition) is 6. The molecular weight excluding hydrogens is 380 g/mol. The number of benzene rings is 1. The standard InChI is InChI=1S/C20H30N2O5S/c1-13-7-9-16(10-8-13)28(25,26)22-18(17(11-21)15(3)23)14(2)12-27-19(24)20(4,5)6/h7-10,14-15,17-18,22-23H,12H2,1-6H3/t14-,15+,17+,18+/m0/s1. The second-order valence-corrected chi connectivity index (χ2v) is 9.90. The lowest BCUT2D eigenvalue weighted by atomic mass is 9.88. The van der Waals surface area contributed by atoms with Crippen molar-refractivity contribution in [2.45, 2.75) is 58.6 Å². The van der Waals surface area contributed by atoms with Crippen LogP contribution in [0.3, 0.4) is 0 Å². The maximum Gasteiger partial charge on any atom is 0.311 e. The molecule has 2 N–H and O–H groups in total. The van der Waals surface area contributed by atoms with Gasteiger partial charge in [0.05, 0.1) is 35.0 Å². The predicted octanol–water partition coefficient (Wildman–Crippen LogP) is 2.39. The van der Waals surface area contributed by atoms with Crippen molar-refractivity contribution >= 4 is 16.0 Å². The van der Waals surface area contributed by atoms with E-state index in [1.165, 1.54) is 19.1 Å². The molecule has 8 heteroatoms. The average Bonchev–Trinajstić information content (AvgIpc) is 2.58. The molecule has 28 heavy (non-hydrogen) atoms. The number of rotatable bonds is 8. The van der Waals surface area contributed by atoms with E-state index in [2.05, 4.69) is 4.72 Å². The predicted molar refractivity (Wildman–Crippen MR) is 106 cm³/mol. The van der Waals surface area contributed by atoms with Gasteiger partial charge in [-0.2, -0.15) is 5.26 Å². The fraction of sp³-hybridized carbons (Fsp3) is 0.600. The number of carbonyl (C=O) groups excluding carboxylic acids is 1. The van der Waals surface area contributed by atoms with Crippen LogP contribution in [0, 0.1) is 35.5 Å². The molecule has 0 aliphatic heterocycles. The Hall–Kier alpha value is -1.95. The van der Waals surface area contributed by atoms with Gasteiger partial charge in [0.2, 0.25) is 10.0 Å². The van der Waals surface area contributed by atoms with Gasteiger partial charge in [-0.1, -0.05) is 24.6 Å². The van der Waals surface area contributed by atoms with Gasteiger partial charge < -0.3 is 9.84 Å². The number of nitrogens with one attached hydrogen (secondary N) is 1. The minimum atomic E-state index is -3.93. The van der Waals surface area contributed by atoms with Crippen molar-refractivity contribution in [3.8, 4) is 6.07 Å². The van der Waals surface area contributed by atoms with Gasteiger partial charge in [0.15, 0.2) is 0 Å². The number of aliphatic hydroxyl groups excluding tert-OH is 1. The van der Waals surface area contributed by atoms with Crippen molar-refractivity contribution in [3.63, 3.8) is 0 Å². The normalized spacial score (nSPS) is 16.5. The number of hydrogen-bond donors (Lipinski definition) is 2. The van der Waals surface area contributed by atoms with Crippen LogP contribution in [0.15, 0.2) is 29.2 Å².